The van der Waals surface area contributed by atoms with Gasteiger partial charge in [0.25, 0.3) is 5.78 Å². The predicted octanol–water partition coefficient (Wildman–Crippen LogP) is 1.41. The van der Waals surface area contributed by atoms with Crippen LogP contribution in [0.15, 0.2) is 0 Å². The fourth-order valence-electron chi connectivity index (χ4n) is 4.70. The summed E-state index contributed by atoms with van der Waals surface area (Å²) in [4.78, 5) is 17.2. The van der Waals surface area contributed by atoms with E-state index in [2.05, 4.69) is 25.6 Å². The molecule has 2 aromatic rings. The zero-order chi connectivity index (χ0) is 14.0. The van der Waals surface area contributed by atoms with Crippen LogP contribution < -0.4 is 0 Å². The number of rotatable bonds is 0. The normalized spacial score (nSPS) is 34.6. The van der Waals surface area contributed by atoms with Crippen molar-refractivity contribution in [2.75, 3.05) is 0 Å². The lowest BCUT2D eigenvalue weighted by atomic mass is 9.64. The molecule has 0 spiro atoms. The Morgan fingerprint density at radius 3 is 2.62 bits per heavy atom. The molecule has 4 unspecified atom stereocenters. The summed E-state index contributed by atoms with van der Waals surface area (Å²) >= 11 is 0. The van der Waals surface area contributed by atoms with Crippen LogP contribution in [0.5, 0.6) is 0 Å². The molecule has 0 aliphatic heterocycles. The molecule has 7 nitrogen and oxygen atoms in total. The van der Waals surface area contributed by atoms with Gasteiger partial charge in [-0.25, -0.2) is 4.98 Å². The average Bonchev–Trinajstić information content (AvgIpc) is 3.08. The number of aromatic nitrogens is 6. The molecule has 4 atom stereocenters. The number of Topliss-reactive ketones (excluding diaryl/α,β-unsaturated/α-hetero) is 1. The second-order valence-corrected chi connectivity index (χ2v) is 6.67. The topological polar surface area (TPSA) is 85.9 Å². The Hall–Kier alpha value is -1.92. The lowest BCUT2D eigenvalue weighted by molar-refractivity contribution is 0.0745. The van der Waals surface area contributed by atoms with Crippen LogP contribution in [0.4, 0.5) is 0 Å². The van der Waals surface area contributed by atoms with Crippen LogP contribution in [-0.2, 0) is 0 Å². The average molecular weight is 284 g/mol. The SMILES string of the molecule is O=C1c2nn3nnnc3nc2C2CC3CCCCC3CC12. The molecule has 0 N–H and O–H groups in total. The molecule has 0 saturated heterocycles. The third kappa shape index (κ3) is 1.54. The van der Waals surface area contributed by atoms with E-state index < -0.39 is 0 Å². The maximum Gasteiger partial charge on any atom is 0.291 e. The number of ketones is 1. The van der Waals surface area contributed by atoms with Crippen molar-refractivity contribution in [2.24, 2.45) is 17.8 Å². The molecule has 0 radical (unpaired) electrons. The summed E-state index contributed by atoms with van der Waals surface area (Å²) in [6.45, 7) is 0. The highest BCUT2D eigenvalue weighted by atomic mass is 16.1. The van der Waals surface area contributed by atoms with E-state index in [9.17, 15) is 4.79 Å². The third-order valence-corrected chi connectivity index (χ3v) is 5.68. The van der Waals surface area contributed by atoms with Crippen molar-refractivity contribution in [2.45, 2.75) is 44.4 Å². The highest BCUT2D eigenvalue weighted by molar-refractivity contribution is 6.01. The lowest BCUT2D eigenvalue weighted by Gasteiger charge is -2.40. The van der Waals surface area contributed by atoms with E-state index in [0.29, 0.717) is 11.5 Å². The van der Waals surface area contributed by atoms with Gasteiger partial charge in [-0.2, -0.15) is 0 Å². The first kappa shape index (κ1) is 11.7. The van der Waals surface area contributed by atoms with Crippen LogP contribution in [0.2, 0.25) is 0 Å². The molecule has 0 bridgehead atoms. The molecule has 2 aromatic heterocycles. The van der Waals surface area contributed by atoms with Gasteiger partial charge >= 0.3 is 0 Å². The Bertz CT molecular complexity index is 740. The standard InChI is InChI=1S/C14H16N6O/c21-13-10-6-8-4-2-1-3-7(8)5-9(10)11-12(13)17-20-14(15-11)16-18-19-20/h7-10H,1-6H2. The van der Waals surface area contributed by atoms with Crippen molar-refractivity contribution < 1.29 is 4.79 Å². The van der Waals surface area contributed by atoms with Gasteiger partial charge in [0.2, 0.25) is 0 Å². The Morgan fingerprint density at radius 2 is 1.81 bits per heavy atom. The molecule has 0 aromatic carbocycles. The van der Waals surface area contributed by atoms with Crippen LogP contribution in [0.1, 0.15) is 60.6 Å². The highest BCUT2D eigenvalue weighted by Crippen LogP contribution is 2.52. The van der Waals surface area contributed by atoms with Crippen LogP contribution in [0.25, 0.3) is 5.78 Å². The predicted molar refractivity (Wildman–Crippen MR) is 71.6 cm³/mol. The largest absolute Gasteiger partial charge is 0.292 e. The minimum Gasteiger partial charge on any atom is -0.292 e. The quantitative estimate of drug-likeness (QED) is 0.727. The van der Waals surface area contributed by atoms with Gasteiger partial charge in [-0.1, -0.05) is 35.4 Å². The Morgan fingerprint density at radius 1 is 1.05 bits per heavy atom. The fourth-order valence-corrected chi connectivity index (χ4v) is 4.70. The van der Waals surface area contributed by atoms with Gasteiger partial charge in [0.15, 0.2) is 11.5 Å². The number of fused-ring (bicyclic) bond motifs is 5. The van der Waals surface area contributed by atoms with Crippen molar-refractivity contribution in [3.8, 4) is 0 Å². The van der Waals surface area contributed by atoms with Crippen molar-refractivity contribution >= 4 is 11.6 Å². The summed E-state index contributed by atoms with van der Waals surface area (Å²) < 4.78 is 1.26. The van der Waals surface area contributed by atoms with Gasteiger partial charge < -0.3 is 0 Å². The number of hydrogen-bond donors (Lipinski definition) is 0. The van der Waals surface area contributed by atoms with Crippen LogP contribution in [0.3, 0.4) is 0 Å². The van der Waals surface area contributed by atoms with Gasteiger partial charge in [-0.15, -0.1) is 5.10 Å². The van der Waals surface area contributed by atoms with E-state index >= 15 is 0 Å². The molecule has 5 rings (SSSR count). The molecule has 2 fully saturated rings. The van der Waals surface area contributed by atoms with Crippen LogP contribution in [-0.4, -0.2) is 36.0 Å². The lowest BCUT2D eigenvalue weighted by Crippen LogP contribution is -2.33. The number of nitrogens with zero attached hydrogens (tertiary/aromatic N) is 6. The van der Waals surface area contributed by atoms with Gasteiger partial charge in [0.05, 0.1) is 5.69 Å². The number of hydrogen-bond acceptors (Lipinski definition) is 6. The maximum absolute atomic E-state index is 12.7. The minimum absolute atomic E-state index is 0.0828. The summed E-state index contributed by atoms with van der Waals surface area (Å²) in [7, 11) is 0. The second-order valence-electron chi connectivity index (χ2n) is 6.67. The van der Waals surface area contributed by atoms with Crippen molar-refractivity contribution in [3.05, 3.63) is 11.4 Å². The first-order valence-corrected chi connectivity index (χ1v) is 7.82. The number of carbonyl (C=O) groups excluding carboxylic acids is 1. The maximum atomic E-state index is 12.7. The molecule has 21 heavy (non-hydrogen) atoms. The minimum atomic E-state index is 0.0828. The zero-order valence-corrected chi connectivity index (χ0v) is 11.6. The van der Waals surface area contributed by atoms with Gasteiger partial charge in [-0.3, -0.25) is 4.79 Å². The third-order valence-electron chi connectivity index (χ3n) is 5.68. The van der Waals surface area contributed by atoms with Gasteiger partial charge in [0.1, 0.15) is 0 Å². The molecule has 7 heteroatoms. The zero-order valence-electron chi connectivity index (χ0n) is 11.6. The summed E-state index contributed by atoms with van der Waals surface area (Å²) in [5.74, 6) is 2.35. The van der Waals surface area contributed by atoms with Crippen molar-refractivity contribution in [1.82, 2.24) is 30.2 Å². The van der Waals surface area contributed by atoms with Crippen LogP contribution >= 0.6 is 0 Å². The number of tetrazole rings is 1. The van der Waals surface area contributed by atoms with Gasteiger partial charge in [0, 0.05) is 11.8 Å². The summed E-state index contributed by atoms with van der Waals surface area (Å²) in [6, 6.07) is 0. The molecule has 3 aliphatic rings. The van der Waals surface area contributed by atoms with Crippen molar-refractivity contribution in [1.29, 1.82) is 0 Å². The summed E-state index contributed by atoms with van der Waals surface area (Å²) in [6.07, 6.45) is 7.34. The number of carbonyl (C=O) groups is 1. The molecule has 108 valence electrons. The summed E-state index contributed by atoms with van der Waals surface area (Å²) in [5, 5.41) is 15.5. The molecule has 2 heterocycles. The van der Waals surface area contributed by atoms with Gasteiger partial charge in [-0.05, 0) is 35.1 Å². The molecular weight excluding hydrogens is 268 g/mol. The Balaban J connectivity index is 1.60. The molecule has 0 amide bonds. The van der Waals surface area contributed by atoms with E-state index in [1.165, 1.54) is 30.3 Å². The summed E-state index contributed by atoms with van der Waals surface area (Å²) in [5.41, 5.74) is 1.35. The first-order chi connectivity index (χ1) is 10.3. The fraction of sp³-hybridized carbons (Fsp3) is 0.714. The Labute approximate surface area is 121 Å². The Kier molecular flexibility index (Phi) is 2.26. The van der Waals surface area contributed by atoms with E-state index in [-0.39, 0.29) is 17.6 Å². The second kappa shape index (κ2) is 4.05. The molecule has 2 saturated carbocycles. The van der Waals surface area contributed by atoms with Crippen molar-refractivity contribution in [3.63, 3.8) is 0 Å². The van der Waals surface area contributed by atoms with Crippen LogP contribution in [0, 0.1) is 17.8 Å². The van der Waals surface area contributed by atoms with E-state index in [1.54, 1.807) is 0 Å². The van der Waals surface area contributed by atoms with E-state index in [4.69, 9.17) is 0 Å². The smallest absolute Gasteiger partial charge is 0.291 e. The highest BCUT2D eigenvalue weighted by Gasteiger charge is 2.49. The van der Waals surface area contributed by atoms with E-state index in [0.717, 1.165) is 30.4 Å². The van der Waals surface area contributed by atoms with E-state index in [1.807, 2.05) is 0 Å². The molecule has 3 aliphatic carbocycles. The molecular formula is C14H16N6O. The monoisotopic (exact) mass is 284 g/mol. The first-order valence-electron chi connectivity index (χ1n) is 7.82.